The summed E-state index contributed by atoms with van der Waals surface area (Å²) in [7, 11) is 1.84. The van der Waals surface area contributed by atoms with Gasteiger partial charge in [0, 0.05) is 12.4 Å². The third kappa shape index (κ3) is 7.29. The minimum atomic E-state index is -0.342. The third-order valence-corrected chi connectivity index (χ3v) is 6.43. The molecule has 0 saturated heterocycles. The molecule has 9 nitrogen and oxygen atoms in total. The fraction of sp³-hybridized carbons (Fsp3) is 0.409. The normalized spacial score (nSPS) is 10.9. The monoisotopic (exact) mass is 489 g/mol. The Hall–Kier alpha value is -2.92. The van der Waals surface area contributed by atoms with Crippen LogP contribution >= 0.6 is 23.1 Å². The number of amides is 1. The summed E-state index contributed by atoms with van der Waals surface area (Å²) < 4.78 is 12.5. The number of aromatic nitrogens is 4. The lowest BCUT2D eigenvalue weighted by Crippen LogP contribution is -2.15. The highest BCUT2D eigenvalue weighted by Crippen LogP contribution is 2.21. The number of esters is 1. The Morgan fingerprint density at radius 2 is 1.97 bits per heavy atom. The van der Waals surface area contributed by atoms with E-state index in [1.165, 1.54) is 28.7 Å². The molecule has 0 bridgehead atoms. The van der Waals surface area contributed by atoms with Gasteiger partial charge in [0.2, 0.25) is 5.91 Å². The molecule has 0 atom stereocenters. The first-order valence-electron chi connectivity index (χ1n) is 10.5. The maximum Gasteiger partial charge on any atom is 0.311 e. The van der Waals surface area contributed by atoms with Crippen molar-refractivity contribution in [1.82, 2.24) is 19.7 Å². The molecule has 0 saturated carbocycles. The van der Waals surface area contributed by atoms with E-state index in [0.717, 1.165) is 5.75 Å². The van der Waals surface area contributed by atoms with Crippen molar-refractivity contribution >= 4 is 40.1 Å². The van der Waals surface area contributed by atoms with Crippen LogP contribution in [0.3, 0.4) is 0 Å². The highest BCUT2D eigenvalue weighted by Gasteiger charge is 2.14. The summed E-state index contributed by atoms with van der Waals surface area (Å²) in [6.45, 7) is 6.65. The molecule has 1 aromatic carbocycles. The maximum absolute atomic E-state index is 12.3. The van der Waals surface area contributed by atoms with Crippen LogP contribution in [-0.4, -0.2) is 44.0 Å². The SMILES string of the molecule is CCOC(=O)Cc1csc(NC(=O)CSc2nnc(COc3ccc(C(C)C)cc3)n2C)n1. The molecule has 33 heavy (non-hydrogen) atoms. The first-order chi connectivity index (χ1) is 15.9. The van der Waals surface area contributed by atoms with Gasteiger partial charge in [0.15, 0.2) is 16.1 Å². The molecular formula is C22H27N5O4S2. The van der Waals surface area contributed by atoms with E-state index in [-0.39, 0.29) is 30.7 Å². The molecule has 0 radical (unpaired) electrons. The van der Waals surface area contributed by atoms with E-state index in [0.29, 0.717) is 34.3 Å². The summed E-state index contributed by atoms with van der Waals surface area (Å²) in [6, 6.07) is 8.00. The van der Waals surface area contributed by atoms with Crippen molar-refractivity contribution in [2.75, 3.05) is 17.7 Å². The van der Waals surface area contributed by atoms with Crippen LogP contribution in [0.5, 0.6) is 5.75 Å². The number of rotatable bonds is 11. The minimum Gasteiger partial charge on any atom is -0.486 e. The first-order valence-corrected chi connectivity index (χ1v) is 12.4. The van der Waals surface area contributed by atoms with Crippen molar-refractivity contribution < 1.29 is 19.1 Å². The van der Waals surface area contributed by atoms with E-state index in [4.69, 9.17) is 9.47 Å². The van der Waals surface area contributed by atoms with Crippen LogP contribution in [0, 0.1) is 0 Å². The number of hydrogen-bond donors (Lipinski definition) is 1. The van der Waals surface area contributed by atoms with Crippen LogP contribution in [0.15, 0.2) is 34.8 Å². The maximum atomic E-state index is 12.3. The standard InChI is InChI=1S/C22H27N5O4S2/c1-5-30-20(29)10-16-12-32-21(23-16)24-19(28)13-33-22-26-25-18(27(22)4)11-31-17-8-6-15(7-9-17)14(2)3/h6-9,12,14H,5,10-11,13H2,1-4H3,(H,23,24,28). The summed E-state index contributed by atoms with van der Waals surface area (Å²) in [4.78, 5) is 28.1. The number of thioether (sulfide) groups is 1. The lowest BCUT2D eigenvalue weighted by molar-refractivity contribution is -0.142. The second-order valence-electron chi connectivity index (χ2n) is 7.43. The van der Waals surface area contributed by atoms with Crippen LogP contribution in [0.4, 0.5) is 5.13 Å². The quantitative estimate of drug-likeness (QED) is 0.320. The highest BCUT2D eigenvalue weighted by molar-refractivity contribution is 7.99. The first kappa shape index (κ1) is 24.7. The number of ether oxygens (including phenoxy) is 2. The van der Waals surface area contributed by atoms with Crippen molar-refractivity contribution in [2.24, 2.45) is 7.05 Å². The largest absolute Gasteiger partial charge is 0.486 e. The Bertz CT molecular complexity index is 1080. The molecule has 0 aliphatic carbocycles. The molecule has 0 unspecified atom stereocenters. The van der Waals surface area contributed by atoms with Crippen LogP contribution in [0.1, 0.15) is 43.8 Å². The van der Waals surface area contributed by atoms with Gasteiger partial charge in [0.25, 0.3) is 0 Å². The Morgan fingerprint density at radius 3 is 2.67 bits per heavy atom. The molecule has 2 aromatic heterocycles. The van der Waals surface area contributed by atoms with Gasteiger partial charge in [0.1, 0.15) is 12.4 Å². The number of benzene rings is 1. The van der Waals surface area contributed by atoms with Gasteiger partial charge in [0.05, 0.1) is 24.5 Å². The summed E-state index contributed by atoms with van der Waals surface area (Å²) in [5.74, 6) is 1.48. The van der Waals surface area contributed by atoms with Gasteiger partial charge < -0.3 is 19.4 Å². The summed E-state index contributed by atoms with van der Waals surface area (Å²) in [5.41, 5.74) is 1.82. The fourth-order valence-electron chi connectivity index (χ4n) is 2.78. The number of thiazole rings is 1. The second kappa shape index (κ2) is 11.8. The Labute approximate surface area is 200 Å². The third-order valence-electron chi connectivity index (χ3n) is 4.60. The zero-order valence-corrected chi connectivity index (χ0v) is 20.7. The second-order valence-corrected chi connectivity index (χ2v) is 9.23. The topological polar surface area (TPSA) is 108 Å². The summed E-state index contributed by atoms with van der Waals surface area (Å²) in [5, 5.41) is 13.8. The molecule has 0 fully saturated rings. The molecular weight excluding hydrogens is 462 g/mol. The van der Waals surface area contributed by atoms with Crippen molar-refractivity contribution in [3.63, 3.8) is 0 Å². The van der Waals surface area contributed by atoms with Gasteiger partial charge in [-0.3, -0.25) is 9.59 Å². The zero-order chi connectivity index (χ0) is 23.8. The molecule has 3 rings (SSSR count). The highest BCUT2D eigenvalue weighted by atomic mass is 32.2. The van der Waals surface area contributed by atoms with E-state index >= 15 is 0 Å². The fourth-order valence-corrected chi connectivity index (χ4v) is 4.24. The molecule has 1 amide bonds. The van der Waals surface area contributed by atoms with Crippen LogP contribution in [0.2, 0.25) is 0 Å². The van der Waals surface area contributed by atoms with Crippen molar-refractivity contribution in [2.45, 2.75) is 44.9 Å². The number of hydrogen-bond acceptors (Lipinski definition) is 9. The number of carbonyl (C=O) groups excluding carboxylic acids is 2. The average Bonchev–Trinajstić information content (AvgIpc) is 3.37. The van der Waals surface area contributed by atoms with Crippen LogP contribution in [0.25, 0.3) is 0 Å². The van der Waals surface area contributed by atoms with Crippen molar-refractivity contribution in [1.29, 1.82) is 0 Å². The lowest BCUT2D eigenvalue weighted by Gasteiger charge is -2.09. The van der Waals surface area contributed by atoms with E-state index < -0.39 is 0 Å². The molecule has 11 heteroatoms. The molecule has 0 aliphatic rings. The Balaban J connectivity index is 1.46. The van der Waals surface area contributed by atoms with E-state index in [2.05, 4.69) is 46.5 Å². The van der Waals surface area contributed by atoms with Gasteiger partial charge in [-0.25, -0.2) is 4.98 Å². The smallest absolute Gasteiger partial charge is 0.311 e. The van der Waals surface area contributed by atoms with Gasteiger partial charge in [-0.1, -0.05) is 37.7 Å². The molecule has 1 N–H and O–H groups in total. The van der Waals surface area contributed by atoms with E-state index in [1.807, 2.05) is 19.2 Å². The number of anilines is 1. The molecule has 2 heterocycles. The van der Waals surface area contributed by atoms with Crippen molar-refractivity contribution in [3.8, 4) is 5.75 Å². The van der Waals surface area contributed by atoms with Gasteiger partial charge in [-0.15, -0.1) is 21.5 Å². The zero-order valence-electron chi connectivity index (χ0n) is 19.0. The number of carbonyl (C=O) groups is 2. The van der Waals surface area contributed by atoms with Crippen LogP contribution in [-0.2, 0) is 34.4 Å². The number of nitrogens with zero attached hydrogens (tertiary/aromatic N) is 4. The molecule has 0 aliphatic heterocycles. The molecule has 176 valence electrons. The average molecular weight is 490 g/mol. The lowest BCUT2D eigenvalue weighted by atomic mass is 10.0. The Kier molecular flexibility index (Phi) is 8.84. The van der Waals surface area contributed by atoms with E-state index in [9.17, 15) is 9.59 Å². The minimum absolute atomic E-state index is 0.0839. The van der Waals surface area contributed by atoms with E-state index in [1.54, 1.807) is 16.9 Å². The summed E-state index contributed by atoms with van der Waals surface area (Å²) >= 11 is 2.53. The number of nitrogens with one attached hydrogen (secondary N) is 1. The van der Waals surface area contributed by atoms with Gasteiger partial charge >= 0.3 is 5.97 Å². The van der Waals surface area contributed by atoms with Crippen molar-refractivity contribution in [3.05, 3.63) is 46.7 Å². The molecule has 0 spiro atoms. The van der Waals surface area contributed by atoms with Gasteiger partial charge in [-0.2, -0.15) is 0 Å². The Morgan fingerprint density at radius 1 is 1.21 bits per heavy atom. The molecule has 3 aromatic rings. The predicted octanol–water partition coefficient (Wildman–Crippen LogP) is 3.81. The van der Waals surface area contributed by atoms with Crippen LogP contribution < -0.4 is 10.1 Å². The summed E-state index contributed by atoms with van der Waals surface area (Å²) in [6.07, 6.45) is 0.0839. The predicted molar refractivity (Wildman–Crippen MR) is 128 cm³/mol. The van der Waals surface area contributed by atoms with Gasteiger partial charge in [-0.05, 0) is 30.5 Å².